The molecule has 0 bridgehead atoms. The molecule has 18 heavy (non-hydrogen) atoms. The molecule has 2 aromatic carbocycles. The minimum absolute atomic E-state index is 0.101. The van der Waals surface area contributed by atoms with Crippen LogP contribution in [0.3, 0.4) is 0 Å². The fourth-order valence-corrected chi connectivity index (χ4v) is 1.95. The van der Waals surface area contributed by atoms with Gasteiger partial charge in [0.2, 0.25) is 0 Å². The summed E-state index contributed by atoms with van der Waals surface area (Å²) in [6.45, 7) is -0.101. The summed E-state index contributed by atoms with van der Waals surface area (Å²) in [5, 5.41) is 12.6. The number of hydrogen-bond acceptors (Lipinski definition) is 2. The molecule has 0 radical (unpaired) electrons. The topological polar surface area (TPSA) is 32.3 Å². The highest BCUT2D eigenvalue weighted by Crippen LogP contribution is 2.23. The Kier molecular flexibility index (Phi) is 4.33. The van der Waals surface area contributed by atoms with Crippen molar-refractivity contribution in [3.8, 4) is 0 Å². The lowest BCUT2D eigenvalue weighted by Crippen LogP contribution is -2.15. The summed E-state index contributed by atoms with van der Waals surface area (Å²) in [5.74, 6) is -0.333. The molecule has 2 nitrogen and oxygen atoms in total. The number of hydrogen-bond donors (Lipinski definition) is 2. The van der Waals surface area contributed by atoms with E-state index in [0.29, 0.717) is 10.0 Å². The zero-order chi connectivity index (χ0) is 13.0. The first-order chi connectivity index (χ1) is 8.70. The summed E-state index contributed by atoms with van der Waals surface area (Å²) in [6, 6.07) is 14.0. The van der Waals surface area contributed by atoms with Crippen molar-refractivity contribution in [1.29, 1.82) is 0 Å². The van der Waals surface area contributed by atoms with Gasteiger partial charge in [-0.05, 0) is 45.8 Å². The van der Waals surface area contributed by atoms with Crippen molar-refractivity contribution in [3.05, 3.63) is 64.4 Å². The monoisotopic (exact) mass is 309 g/mol. The molecule has 0 spiro atoms. The summed E-state index contributed by atoms with van der Waals surface area (Å²) in [7, 11) is 0. The van der Waals surface area contributed by atoms with Gasteiger partial charge in [0.1, 0.15) is 5.82 Å². The van der Waals surface area contributed by atoms with Crippen LogP contribution < -0.4 is 5.32 Å². The van der Waals surface area contributed by atoms with Gasteiger partial charge in [-0.15, -0.1) is 0 Å². The maximum Gasteiger partial charge on any atom is 0.137 e. The molecule has 1 atom stereocenters. The van der Waals surface area contributed by atoms with Crippen LogP contribution in [-0.2, 0) is 0 Å². The molecule has 0 aliphatic rings. The molecular formula is C14H13BrFNO. The van der Waals surface area contributed by atoms with E-state index in [9.17, 15) is 9.50 Å². The third-order valence-corrected chi connectivity index (χ3v) is 3.29. The zero-order valence-corrected chi connectivity index (χ0v) is 11.2. The maximum atomic E-state index is 13.5. The van der Waals surface area contributed by atoms with Gasteiger partial charge in [0, 0.05) is 5.69 Å². The Hall–Kier alpha value is -1.39. The molecule has 0 aliphatic carbocycles. The van der Waals surface area contributed by atoms with Crippen LogP contribution in [0.1, 0.15) is 11.6 Å². The van der Waals surface area contributed by atoms with E-state index in [1.165, 1.54) is 6.07 Å². The summed E-state index contributed by atoms with van der Waals surface area (Å²) >= 11 is 3.11. The third-order valence-electron chi connectivity index (χ3n) is 2.64. The van der Waals surface area contributed by atoms with Gasteiger partial charge in [0.05, 0.1) is 17.1 Å². The van der Waals surface area contributed by atoms with E-state index in [2.05, 4.69) is 21.2 Å². The number of benzene rings is 2. The second-order valence-corrected chi connectivity index (χ2v) is 4.77. The van der Waals surface area contributed by atoms with Gasteiger partial charge in [0.15, 0.2) is 0 Å². The number of aliphatic hydroxyl groups excluding tert-OH is 1. The Morgan fingerprint density at radius 2 is 1.89 bits per heavy atom. The van der Waals surface area contributed by atoms with Crippen LogP contribution in [0, 0.1) is 5.82 Å². The quantitative estimate of drug-likeness (QED) is 0.902. The second-order valence-electron chi connectivity index (χ2n) is 3.92. The van der Waals surface area contributed by atoms with Gasteiger partial charge in [-0.1, -0.05) is 24.3 Å². The van der Waals surface area contributed by atoms with Crippen LogP contribution in [0.4, 0.5) is 10.1 Å². The lowest BCUT2D eigenvalue weighted by Gasteiger charge is -2.18. The molecule has 0 saturated heterocycles. The molecule has 4 heteroatoms. The zero-order valence-electron chi connectivity index (χ0n) is 9.61. The molecule has 0 heterocycles. The highest BCUT2D eigenvalue weighted by atomic mass is 79.9. The Balaban J connectivity index is 2.20. The van der Waals surface area contributed by atoms with E-state index in [4.69, 9.17) is 0 Å². The van der Waals surface area contributed by atoms with Gasteiger partial charge in [0.25, 0.3) is 0 Å². The first kappa shape index (κ1) is 13.1. The summed E-state index contributed by atoms with van der Waals surface area (Å²) in [5.41, 5.74) is 1.60. The van der Waals surface area contributed by atoms with Crippen molar-refractivity contribution < 1.29 is 9.50 Å². The number of nitrogens with one attached hydrogen (secondary N) is 1. The first-order valence-corrected chi connectivity index (χ1v) is 6.37. The maximum absolute atomic E-state index is 13.5. The van der Waals surface area contributed by atoms with Gasteiger partial charge in [-0.3, -0.25) is 0 Å². The lowest BCUT2D eigenvalue weighted by atomic mass is 10.1. The predicted molar refractivity (Wildman–Crippen MR) is 74.0 cm³/mol. The van der Waals surface area contributed by atoms with Crippen LogP contribution in [0.5, 0.6) is 0 Å². The highest BCUT2D eigenvalue weighted by molar-refractivity contribution is 9.10. The molecule has 0 saturated carbocycles. The van der Waals surface area contributed by atoms with E-state index in [-0.39, 0.29) is 18.5 Å². The molecule has 0 fully saturated rings. The number of halogens is 2. The van der Waals surface area contributed by atoms with Gasteiger partial charge in [-0.25, -0.2) is 4.39 Å². The van der Waals surface area contributed by atoms with Crippen LogP contribution in [-0.4, -0.2) is 11.7 Å². The molecule has 2 rings (SSSR count). The van der Waals surface area contributed by atoms with Crippen LogP contribution in [0.2, 0.25) is 0 Å². The lowest BCUT2D eigenvalue weighted by molar-refractivity contribution is 0.276. The standard InChI is InChI=1S/C14H13BrFNO/c15-12-7-6-10(8-13(12)16)14(9-18)17-11-4-2-1-3-5-11/h1-8,14,17-18H,9H2. The molecule has 0 amide bonds. The van der Waals surface area contributed by atoms with Gasteiger partial charge in [-0.2, -0.15) is 0 Å². The Labute approximate surface area is 114 Å². The van der Waals surface area contributed by atoms with Crippen LogP contribution >= 0.6 is 15.9 Å². The van der Waals surface area contributed by atoms with E-state index < -0.39 is 0 Å². The fraction of sp³-hybridized carbons (Fsp3) is 0.143. The van der Waals surface area contributed by atoms with Crippen molar-refractivity contribution >= 4 is 21.6 Å². The molecule has 2 N–H and O–H groups in total. The average Bonchev–Trinajstić information content (AvgIpc) is 2.40. The molecule has 2 aromatic rings. The minimum Gasteiger partial charge on any atom is -0.394 e. The van der Waals surface area contributed by atoms with E-state index in [1.54, 1.807) is 12.1 Å². The molecule has 0 aromatic heterocycles. The summed E-state index contributed by atoms with van der Waals surface area (Å²) in [4.78, 5) is 0. The summed E-state index contributed by atoms with van der Waals surface area (Å²) < 4.78 is 13.9. The van der Waals surface area contributed by atoms with Gasteiger partial charge < -0.3 is 10.4 Å². The van der Waals surface area contributed by atoms with E-state index in [0.717, 1.165) is 5.69 Å². The number of anilines is 1. The van der Waals surface area contributed by atoms with Crippen molar-refractivity contribution in [2.75, 3.05) is 11.9 Å². The minimum atomic E-state index is -0.333. The fourth-order valence-electron chi connectivity index (χ4n) is 1.70. The van der Waals surface area contributed by atoms with Crippen molar-refractivity contribution in [2.24, 2.45) is 0 Å². The Bertz CT molecular complexity index is 518. The highest BCUT2D eigenvalue weighted by Gasteiger charge is 2.12. The average molecular weight is 310 g/mol. The largest absolute Gasteiger partial charge is 0.394 e. The van der Waals surface area contributed by atoms with Crippen molar-refractivity contribution in [3.63, 3.8) is 0 Å². The normalized spacial score (nSPS) is 12.2. The van der Waals surface area contributed by atoms with Crippen LogP contribution in [0.25, 0.3) is 0 Å². The summed E-state index contributed by atoms with van der Waals surface area (Å²) in [6.07, 6.45) is 0. The molecule has 0 aliphatic heterocycles. The smallest absolute Gasteiger partial charge is 0.137 e. The predicted octanol–water partition coefficient (Wildman–Crippen LogP) is 3.73. The van der Waals surface area contributed by atoms with E-state index in [1.807, 2.05) is 30.3 Å². The molecular weight excluding hydrogens is 297 g/mol. The Morgan fingerprint density at radius 3 is 2.50 bits per heavy atom. The SMILES string of the molecule is OCC(Nc1ccccc1)c1ccc(Br)c(F)c1. The molecule has 94 valence electrons. The van der Waals surface area contributed by atoms with Gasteiger partial charge >= 0.3 is 0 Å². The number of rotatable bonds is 4. The molecule has 1 unspecified atom stereocenters. The first-order valence-electron chi connectivity index (χ1n) is 5.58. The number of para-hydroxylation sites is 1. The van der Waals surface area contributed by atoms with Crippen molar-refractivity contribution in [2.45, 2.75) is 6.04 Å². The Morgan fingerprint density at radius 1 is 1.17 bits per heavy atom. The number of aliphatic hydroxyl groups is 1. The van der Waals surface area contributed by atoms with E-state index >= 15 is 0 Å². The van der Waals surface area contributed by atoms with Crippen molar-refractivity contribution in [1.82, 2.24) is 0 Å². The third kappa shape index (κ3) is 3.09. The second kappa shape index (κ2) is 5.98. The van der Waals surface area contributed by atoms with Crippen LogP contribution in [0.15, 0.2) is 53.0 Å².